The van der Waals surface area contributed by atoms with Crippen LogP contribution in [0.5, 0.6) is 0 Å². The Morgan fingerprint density at radius 1 is 0.366 bits per heavy atom. The Kier molecular flexibility index (Phi) is 6.39. The van der Waals surface area contributed by atoms with Gasteiger partial charge < -0.3 is 8.98 Å². The highest BCUT2D eigenvalue weighted by atomic mass is 16.3. The molecular weight excluding hydrogens is 482 g/mol. The van der Waals surface area contributed by atoms with E-state index >= 15 is 0 Å². The highest BCUT2D eigenvalue weighted by Crippen LogP contribution is 2.30. The van der Waals surface area contributed by atoms with Gasteiger partial charge in [-0.25, -0.2) is 0 Å². The molecule has 6 aromatic rings. The van der Waals surface area contributed by atoms with E-state index in [2.05, 4.69) is 121 Å². The summed E-state index contributed by atoms with van der Waals surface area (Å²) in [6, 6.07) is 0. The van der Waals surface area contributed by atoms with E-state index in [1.165, 1.54) is 120 Å². The molecule has 2 nitrogen and oxygen atoms in total. The van der Waals surface area contributed by atoms with Crippen LogP contribution in [0.2, 0.25) is 0 Å². The monoisotopic (exact) mass is 515 g/mol. The predicted octanol–water partition coefficient (Wildman–Crippen LogP) is -17.4. The number of fused-ring (bicyclic) bond motifs is 6. The Morgan fingerprint density at radius 2 is 0.756 bits per heavy atom. The lowest BCUT2D eigenvalue weighted by atomic mass is 9.63. The highest BCUT2D eigenvalue weighted by molar-refractivity contribution is 6.72. The molecule has 0 aliphatic heterocycles. The van der Waals surface area contributed by atoms with Crippen LogP contribution in [0.15, 0.2) is 4.42 Å². The Labute approximate surface area is 256 Å². The molecule has 2 heterocycles. The Balaban J connectivity index is 1.99. The minimum absolute atomic E-state index is 1.04. The van der Waals surface area contributed by atoms with Crippen LogP contribution in [0.3, 0.4) is 0 Å². The molecule has 0 spiro atoms. The first-order valence-electron chi connectivity index (χ1n) is 15.1. The molecule has 0 radical (unpaired) electrons. The first kappa shape index (κ1) is 28.5. The molecule has 4 aromatic carbocycles. The minimum atomic E-state index is 1.04. The third-order valence-corrected chi connectivity index (χ3v) is 11.5. The van der Waals surface area contributed by atoms with Gasteiger partial charge in [-0.3, -0.25) is 0 Å². The molecule has 0 aliphatic rings. The Morgan fingerprint density at radius 3 is 1.24 bits per heavy atom. The zero-order chi connectivity index (χ0) is 30.1. The lowest BCUT2D eigenvalue weighted by Gasteiger charge is -2.22. The van der Waals surface area contributed by atoms with Gasteiger partial charge in [-0.2, -0.15) is 0 Å². The molecule has 0 saturated carbocycles. The molecule has 2 aromatic heterocycles. The second-order valence-electron chi connectivity index (χ2n) is 13.0. The molecule has 6 rings (SSSR count). The smallest absolute Gasteiger partial charge is 0.143 e. The summed E-state index contributed by atoms with van der Waals surface area (Å²) in [5.41, 5.74) is 26.4. The van der Waals surface area contributed by atoms with Crippen molar-refractivity contribution in [3.63, 3.8) is 0 Å². The summed E-state index contributed by atoms with van der Waals surface area (Å²) in [6.07, 6.45) is 0. The standard InChI is InChI=1S/C25H31B14NO/c1-2-3-6-10(29)23(18(37)20(39)25(6)41-24(3)19(38)11(30)7(2)26)40-21-4(8(27)12(31)14(33)16(21)35)5-9(28)13(32)15(34)17(36)22(5)40/h26-39H2,1H3. The van der Waals surface area contributed by atoms with Crippen molar-refractivity contribution in [1.29, 1.82) is 0 Å². The topological polar surface area (TPSA) is 18.1 Å². The fraction of sp³-hybridized carbons (Fsp3) is 0.0400. The first-order chi connectivity index (χ1) is 19.1. The van der Waals surface area contributed by atoms with Crippen molar-refractivity contribution in [2.75, 3.05) is 0 Å². The number of rotatable bonds is 1. The fourth-order valence-corrected chi connectivity index (χ4v) is 7.77. The van der Waals surface area contributed by atoms with E-state index in [1.54, 1.807) is 0 Å². The van der Waals surface area contributed by atoms with Gasteiger partial charge in [0.25, 0.3) is 0 Å². The molecule has 184 valence electrons. The first-order valence-corrected chi connectivity index (χ1v) is 15.1. The molecule has 41 heavy (non-hydrogen) atoms. The summed E-state index contributed by atoms with van der Waals surface area (Å²) >= 11 is 0. The van der Waals surface area contributed by atoms with Gasteiger partial charge in [-0.05, 0) is 23.3 Å². The van der Waals surface area contributed by atoms with Gasteiger partial charge >= 0.3 is 0 Å². The molecule has 16 heteroatoms. The van der Waals surface area contributed by atoms with Crippen molar-refractivity contribution in [3.05, 3.63) is 5.56 Å². The van der Waals surface area contributed by atoms with Gasteiger partial charge in [0, 0.05) is 27.5 Å². The second-order valence-corrected chi connectivity index (χ2v) is 13.0. The molecule has 0 amide bonds. The zero-order valence-corrected chi connectivity index (χ0v) is 27.9. The van der Waals surface area contributed by atoms with Crippen LogP contribution in [0.1, 0.15) is 5.56 Å². The molecular formula is C25H31B14NO. The summed E-state index contributed by atoms with van der Waals surface area (Å²) in [6.45, 7) is 2.27. The average molecular weight is 513 g/mol. The van der Waals surface area contributed by atoms with Crippen LogP contribution in [0.4, 0.5) is 0 Å². The highest BCUT2D eigenvalue weighted by Gasteiger charge is 2.27. The van der Waals surface area contributed by atoms with E-state index in [1.807, 2.05) is 0 Å². The molecule has 0 saturated heterocycles. The summed E-state index contributed by atoms with van der Waals surface area (Å²) < 4.78 is 9.43. The quantitative estimate of drug-likeness (QED) is 0.200. The third-order valence-electron chi connectivity index (χ3n) is 11.5. The maximum atomic E-state index is 6.79. The van der Waals surface area contributed by atoms with E-state index in [0.717, 1.165) is 11.2 Å². The second kappa shape index (κ2) is 9.19. The van der Waals surface area contributed by atoms with Crippen LogP contribution in [0.25, 0.3) is 49.4 Å². The van der Waals surface area contributed by atoms with Crippen molar-refractivity contribution < 1.29 is 4.42 Å². The lowest BCUT2D eigenvalue weighted by Crippen LogP contribution is -2.49. The van der Waals surface area contributed by atoms with Gasteiger partial charge in [-0.15, -0.1) is 10.9 Å². The van der Waals surface area contributed by atoms with Gasteiger partial charge in [0.1, 0.15) is 121 Å². The van der Waals surface area contributed by atoms with Gasteiger partial charge in [0.2, 0.25) is 0 Å². The number of aromatic nitrogens is 1. The largest absolute Gasteiger partial charge is 0.457 e. The molecule has 0 aliphatic carbocycles. The lowest BCUT2D eigenvalue weighted by molar-refractivity contribution is 0.674. The van der Waals surface area contributed by atoms with Gasteiger partial charge in [0.15, 0.2) is 0 Å². The van der Waals surface area contributed by atoms with Crippen molar-refractivity contribution in [2.24, 2.45) is 0 Å². The molecule has 0 bridgehead atoms. The maximum absolute atomic E-state index is 6.79. The van der Waals surface area contributed by atoms with Crippen LogP contribution >= 0.6 is 0 Å². The number of hydrogen-bond acceptors (Lipinski definition) is 1. The van der Waals surface area contributed by atoms with Crippen LogP contribution in [0, 0.1) is 6.92 Å². The normalized spacial score (nSPS) is 11.9. The van der Waals surface area contributed by atoms with Crippen molar-refractivity contribution >= 4 is 230 Å². The number of benzene rings is 4. The summed E-state index contributed by atoms with van der Waals surface area (Å²) in [7, 11) is 32.1. The number of hydrogen-bond donors (Lipinski definition) is 0. The van der Waals surface area contributed by atoms with E-state index in [9.17, 15) is 0 Å². The van der Waals surface area contributed by atoms with Crippen molar-refractivity contribution in [3.8, 4) is 5.69 Å². The van der Waals surface area contributed by atoms with Gasteiger partial charge in [-0.1, -0.05) is 65.6 Å². The van der Waals surface area contributed by atoms with Crippen LogP contribution in [-0.2, 0) is 0 Å². The van der Waals surface area contributed by atoms with E-state index < -0.39 is 0 Å². The maximum Gasteiger partial charge on any atom is 0.143 e. The SMILES string of the molecule is Bc1c(-n2c3c(B)c(B)c(B)c(B)c3c3c(B)c(B)c(B)c(B)c32)c(B)c2c(oc3c(B)c(B)c(B)c(C)c32)c1B. The third kappa shape index (κ3) is 3.40. The molecule has 0 fully saturated rings. The van der Waals surface area contributed by atoms with Crippen LogP contribution < -0.4 is 76.5 Å². The fourth-order valence-electron chi connectivity index (χ4n) is 7.77. The minimum Gasteiger partial charge on any atom is -0.457 e. The number of furan rings is 1. The Hall–Kier alpha value is -2.61. The summed E-state index contributed by atoms with van der Waals surface area (Å²) in [5, 5.41) is 5.38. The van der Waals surface area contributed by atoms with E-state index in [-0.39, 0.29) is 0 Å². The van der Waals surface area contributed by atoms with Crippen molar-refractivity contribution in [1.82, 2.24) is 4.57 Å². The van der Waals surface area contributed by atoms with Gasteiger partial charge in [0.05, 0.1) is 0 Å². The molecule has 0 atom stereocenters. The van der Waals surface area contributed by atoms with E-state index in [4.69, 9.17) is 4.42 Å². The Bertz CT molecular complexity index is 2130. The number of nitrogens with zero attached hydrogens (tertiary/aromatic N) is 1. The molecule has 0 N–H and O–H groups in total. The van der Waals surface area contributed by atoms with Crippen LogP contribution in [-0.4, -0.2) is 114 Å². The summed E-state index contributed by atoms with van der Waals surface area (Å²) in [5.74, 6) is 0. The van der Waals surface area contributed by atoms with Crippen molar-refractivity contribution in [2.45, 2.75) is 6.92 Å². The zero-order valence-electron chi connectivity index (χ0n) is 27.9. The number of aryl methyl sites for hydroxylation is 1. The average Bonchev–Trinajstić information content (AvgIpc) is 3.52. The summed E-state index contributed by atoms with van der Waals surface area (Å²) in [4.78, 5) is 0. The predicted molar refractivity (Wildman–Crippen MR) is 227 cm³/mol. The van der Waals surface area contributed by atoms with E-state index in [0.29, 0.717) is 0 Å². The molecule has 0 unspecified atom stereocenters.